The minimum absolute atomic E-state index is 0.0115. The van der Waals surface area contributed by atoms with Crippen molar-refractivity contribution < 1.29 is 27.8 Å². The lowest BCUT2D eigenvalue weighted by Gasteiger charge is -2.20. The number of nitrogens with zero attached hydrogens (tertiary/aromatic N) is 1. The Balaban J connectivity index is 2.69. The van der Waals surface area contributed by atoms with Gasteiger partial charge in [-0.05, 0) is 31.5 Å². The van der Waals surface area contributed by atoms with Gasteiger partial charge in [0.15, 0.2) is 11.5 Å². The molecule has 0 aliphatic heterocycles. The van der Waals surface area contributed by atoms with Crippen molar-refractivity contribution in [1.82, 2.24) is 10.2 Å². The Labute approximate surface area is 146 Å². The molecule has 0 saturated heterocycles. The third kappa shape index (κ3) is 6.56. The van der Waals surface area contributed by atoms with E-state index in [0.717, 1.165) is 12.8 Å². The van der Waals surface area contributed by atoms with Crippen molar-refractivity contribution in [2.75, 3.05) is 26.7 Å². The molecule has 140 valence electrons. The molecule has 0 spiro atoms. The topological polar surface area (TPSA) is 67.9 Å². The molecule has 1 rings (SSSR count). The minimum Gasteiger partial charge on any atom is -0.493 e. The van der Waals surface area contributed by atoms with Gasteiger partial charge in [0.2, 0.25) is 5.91 Å². The molecule has 0 atom stereocenters. The van der Waals surface area contributed by atoms with Crippen LogP contribution in [0, 0.1) is 0 Å². The summed E-state index contributed by atoms with van der Waals surface area (Å²) in [6.07, 6.45) is 1.87. The number of nitrogens with one attached hydrogen (secondary N) is 1. The van der Waals surface area contributed by atoms with Gasteiger partial charge in [0.05, 0.1) is 13.7 Å². The van der Waals surface area contributed by atoms with E-state index in [2.05, 4.69) is 10.1 Å². The number of halogens is 2. The Kier molecular flexibility index (Phi) is 8.66. The van der Waals surface area contributed by atoms with Gasteiger partial charge in [0, 0.05) is 18.7 Å². The molecule has 0 aromatic heterocycles. The highest BCUT2D eigenvalue weighted by atomic mass is 19.3. The maximum atomic E-state index is 12.3. The smallest absolute Gasteiger partial charge is 0.387 e. The van der Waals surface area contributed by atoms with Crippen LogP contribution in [-0.4, -0.2) is 50.1 Å². The first-order valence-corrected chi connectivity index (χ1v) is 8.11. The van der Waals surface area contributed by atoms with Crippen molar-refractivity contribution in [3.8, 4) is 11.5 Å². The first kappa shape index (κ1) is 20.7. The largest absolute Gasteiger partial charge is 0.493 e. The lowest BCUT2D eigenvalue weighted by Crippen LogP contribution is -2.40. The number of likely N-dealkylation sites (N-methyl/N-ethyl adjacent to an activating group) is 1. The van der Waals surface area contributed by atoms with Gasteiger partial charge >= 0.3 is 6.61 Å². The molecule has 0 aliphatic rings. The van der Waals surface area contributed by atoms with Crippen LogP contribution < -0.4 is 14.8 Å². The zero-order valence-electron chi connectivity index (χ0n) is 14.7. The average molecular weight is 358 g/mol. The van der Waals surface area contributed by atoms with Crippen LogP contribution in [-0.2, 0) is 4.79 Å². The van der Waals surface area contributed by atoms with Gasteiger partial charge in [-0.2, -0.15) is 8.78 Å². The zero-order valence-corrected chi connectivity index (χ0v) is 14.7. The maximum absolute atomic E-state index is 12.3. The van der Waals surface area contributed by atoms with Gasteiger partial charge in [-0.25, -0.2) is 0 Å². The summed E-state index contributed by atoms with van der Waals surface area (Å²) in [5.74, 6) is -0.824. The second kappa shape index (κ2) is 10.5. The molecule has 1 aromatic carbocycles. The van der Waals surface area contributed by atoms with E-state index in [9.17, 15) is 18.4 Å². The molecular formula is C17H24F2N2O4. The van der Waals surface area contributed by atoms with Gasteiger partial charge in [-0.3, -0.25) is 9.59 Å². The number of ether oxygens (including phenoxy) is 2. The number of carbonyl (C=O) groups is 2. The lowest BCUT2D eigenvalue weighted by molar-refractivity contribution is -0.130. The van der Waals surface area contributed by atoms with Crippen LogP contribution in [0.5, 0.6) is 11.5 Å². The summed E-state index contributed by atoms with van der Waals surface area (Å²) in [5.41, 5.74) is 0.183. The van der Waals surface area contributed by atoms with Crippen LogP contribution in [0.15, 0.2) is 18.2 Å². The van der Waals surface area contributed by atoms with E-state index >= 15 is 0 Å². The summed E-state index contributed by atoms with van der Waals surface area (Å²) in [6.45, 7) is 2.01. The fourth-order valence-corrected chi connectivity index (χ4v) is 2.18. The fourth-order valence-electron chi connectivity index (χ4n) is 2.18. The molecule has 1 N–H and O–H groups in total. The van der Waals surface area contributed by atoms with Crippen molar-refractivity contribution in [3.05, 3.63) is 23.8 Å². The van der Waals surface area contributed by atoms with Crippen molar-refractivity contribution in [1.29, 1.82) is 0 Å². The number of rotatable bonds is 10. The van der Waals surface area contributed by atoms with E-state index in [4.69, 9.17) is 4.74 Å². The van der Waals surface area contributed by atoms with Crippen molar-refractivity contribution in [3.63, 3.8) is 0 Å². The van der Waals surface area contributed by atoms with Crippen LogP contribution >= 0.6 is 0 Å². The summed E-state index contributed by atoms with van der Waals surface area (Å²) in [7, 11) is 1.28. The van der Waals surface area contributed by atoms with E-state index < -0.39 is 12.5 Å². The van der Waals surface area contributed by atoms with E-state index in [0.29, 0.717) is 13.1 Å². The molecule has 0 unspecified atom stereocenters. The molecule has 1 aromatic rings. The first-order valence-electron chi connectivity index (χ1n) is 8.11. The lowest BCUT2D eigenvalue weighted by atomic mass is 10.2. The number of unbranched alkanes of at least 4 members (excludes halogenated alkanes) is 1. The van der Waals surface area contributed by atoms with Crippen LogP contribution in [0.1, 0.15) is 37.0 Å². The van der Waals surface area contributed by atoms with Crippen molar-refractivity contribution in [2.24, 2.45) is 0 Å². The van der Waals surface area contributed by atoms with E-state index in [1.807, 2.05) is 13.8 Å². The van der Waals surface area contributed by atoms with Crippen molar-refractivity contribution >= 4 is 11.8 Å². The average Bonchev–Trinajstić information content (AvgIpc) is 2.60. The Hall–Kier alpha value is -2.38. The second-order valence-electron chi connectivity index (χ2n) is 5.25. The highest BCUT2D eigenvalue weighted by Gasteiger charge is 2.16. The summed E-state index contributed by atoms with van der Waals surface area (Å²) in [6, 6.07) is 3.84. The third-order valence-electron chi connectivity index (χ3n) is 3.56. The highest BCUT2D eigenvalue weighted by molar-refractivity contribution is 5.97. The molecule has 2 amide bonds. The molecule has 0 heterocycles. The number of hydrogen-bond acceptors (Lipinski definition) is 4. The number of amides is 2. The van der Waals surface area contributed by atoms with Crippen LogP contribution in [0.4, 0.5) is 8.78 Å². The Morgan fingerprint density at radius 3 is 2.52 bits per heavy atom. The Bertz CT molecular complexity index is 582. The number of hydrogen-bond donors (Lipinski definition) is 1. The molecular weight excluding hydrogens is 334 g/mol. The van der Waals surface area contributed by atoms with E-state index in [-0.39, 0.29) is 29.5 Å². The van der Waals surface area contributed by atoms with Crippen molar-refractivity contribution in [2.45, 2.75) is 33.3 Å². The molecule has 0 fully saturated rings. The summed E-state index contributed by atoms with van der Waals surface area (Å²) in [4.78, 5) is 25.9. The molecule has 6 nitrogen and oxygen atoms in total. The van der Waals surface area contributed by atoms with E-state index in [1.54, 1.807) is 4.90 Å². The van der Waals surface area contributed by atoms with Crippen LogP contribution in [0.3, 0.4) is 0 Å². The number of benzene rings is 1. The molecule has 0 saturated carbocycles. The summed E-state index contributed by atoms with van der Waals surface area (Å²) < 4.78 is 33.9. The number of methoxy groups -OCH3 is 1. The van der Waals surface area contributed by atoms with Crippen LogP contribution in [0.2, 0.25) is 0 Å². The molecule has 0 aliphatic carbocycles. The van der Waals surface area contributed by atoms with Gasteiger partial charge in [-0.15, -0.1) is 0 Å². The predicted octanol–water partition coefficient (Wildman–Crippen LogP) is 2.68. The van der Waals surface area contributed by atoms with Gasteiger partial charge in [0.1, 0.15) is 0 Å². The van der Waals surface area contributed by atoms with E-state index in [1.165, 1.54) is 25.3 Å². The Morgan fingerprint density at radius 2 is 1.96 bits per heavy atom. The molecule has 8 heteroatoms. The van der Waals surface area contributed by atoms with Crippen LogP contribution in [0.25, 0.3) is 0 Å². The SMILES string of the molecule is CCCCN(CC)C(=O)CNC(=O)c1ccc(OC(F)F)c(OC)c1. The predicted molar refractivity (Wildman–Crippen MR) is 89.1 cm³/mol. The monoisotopic (exact) mass is 358 g/mol. The quantitative estimate of drug-likeness (QED) is 0.698. The highest BCUT2D eigenvalue weighted by Crippen LogP contribution is 2.29. The summed E-state index contributed by atoms with van der Waals surface area (Å²) >= 11 is 0. The third-order valence-corrected chi connectivity index (χ3v) is 3.56. The second-order valence-corrected chi connectivity index (χ2v) is 5.25. The first-order chi connectivity index (χ1) is 11.9. The zero-order chi connectivity index (χ0) is 18.8. The Morgan fingerprint density at radius 1 is 1.24 bits per heavy atom. The number of alkyl halides is 2. The standard InChI is InChI=1S/C17H24F2N2O4/c1-4-6-9-21(5-2)15(22)11-20-16(23)12-7-8-13(25-17(18)19)14(10-12)24-3/h7-8,10,17H,4-6,9,11H2,1-3H3,(H,20,23). The molecule has 25 heavy (non-hydrogen) atoms. The number of carbonyl (C=O) groups excluding carboxylic acids is 2. The maximum Gasteiger partial charge on any atom is 0.387 e. The normalized spacial score (nSPS) is 10.5. The van der Waals surface area contributed by atoms with Gasteiger partial charge < -0.3 is 19.7 Å². The fraction of sp³-hybridized carbons (Fsp3) is 0.529. The van der Waals surface area contributed by atoms with Gasteiger partial charge in [0.25, 0.3) is 5.91 Å². The van der Waals surface area contributed by atoms with Gasteiger partial charge in [-0.1, -0.05) is 13.3 Å². The summed E-state index contributed by atoms with van der Waals surface area (Å²) in [5, 5.41) is 2.53. The minimum atomic E-state index is -2.99. The molecule has 0 radical (unpaired) electrons. The molecule has 0 bridgehead atoms.